The van der Waals surface area contributed by atoms with Crippen molar-refractivity contribution in [1.29, 1.82) is 0 Å². The molecule has 0 amide bonds. The first-order valence-electron chi connectivity index (χ1n) is 10.0. The predicted octanol–water partition coefficient (Wildman–Crippen LogP) is 2.71. The molecule has 3 rings (SSSR count). The van der Waals surface area contributed by atoms with Crippen molar-refractivity contribution in [2.45, 2.75) is 25.7 Å². The largest absolute Gasteiger partial charge is 0.381 e. The molecule has 2 heterocycles. The molecule has 1 aliphatic rings. The van der Waals surface area contributed by atoms with E-state index in [2.05, 4.69) is 51.1 Å². The van der Waals surface area contributed by atoms with Crippen LogP contribution in [0, 0.1) is 5.92 Å². The van der Waals surface area contributed by atoms with E-state index < -0.39 is 0 Å². The zero-order valence-corrected chi connectivity index (χ0v) is 16.3. The summed E-state index contributed by atoms with van der Waals surface area (Å²) in [4.78, 5) is 7.62. The number of para-hydroxylation sites is 1. The lowest BCUT2D eigenvalue weighted by Crippen LogP contribution is -2.38. The van der Waals surface area contributed by atoms with Gasteiger partial charge < -0.3 is 25.1 Å². The molecule has 0 aliphatic carbocycles. The highest BCUT2D eigenvalue weighted by Crippen LogP contribution is 2.18. The first-order chi connectivity index (χ1) is 13.4. The Morgan fingerprint density at radius 2 is 2.11 bits per heavy atom. The molecule has 3 N–H and O–H groups in total. The number of rotatable bonds is 10. The third kappa shape index (κ3) is 6.26. The Hall–Kier alpha value is -2.05. The summed E-state index contributed by atoms with van der Waals surface area (Å²) < 4.78 is 11.1. The number of aromatic amines is 1. The van der Waals surface area contributed by atoms with Crippen molar-refractivity contribution in [1.82, 2.24) is 15.6 Å². The summed E-state index contributed by atoms with van der Waals surface area (Å²) in [5.74, 6) is 1.45. The molecule has 0 radical (unpaired) electrons. The number of nitrogens with zero attached hydrogens (tertiary/aromatic N) is 1. The van der Waals surface area contributed by atoms with Crippen molar-refractivity contribution in [3.8, 4) is 0 Å². The molecule has 1 atom stereocenters. The number of hydrogen-bond acceptors (Lipinski definition) is 3. The molecule has 0 spiro atoms. The van der Waals surface area contributed by atoms with E-state index in [0.29, 0.717) is 5.92 Å². The fourth-order valence-corrected chi connectivity index (χ4v) is 3.39. The van der Waals surface area contributed by atoms with Crippen LogP contribution >= 0.6 is 0 Å². The molecule has 6 heteroatoms. The number of fused-ring (bicyclic) bond motifs is 1. The minimum absolute atomic E-state index is 0.588. The zero-order valence-electron chi connectivity index (χ0n) is 16.3. The summed E-state index contributed by atoms with van der Waals surface area (Å²) in [5, 5.41) is 8.06. The molecule has 1 fully saturated rings. The molecule has 1 aromatic heterocycles. The first kappa shape index (κ1) is 19.7. The molecule has 0 bridgehead atoms. The van der Waals surface area contributed by atoms with Crippen molar-refractivity contribution >= 4 is 16.9 Å². The minimum atomic E-state index is 0.588. The Labute approximate surface area is 161 Å². The highest BCUT2D eigenvalue weighted by atomic mass is 16.5. The van der Waals surface area contributed by atoms with Crippen LogP contribution in [0.5, 0.6) is 0 Å². The average molecular weight is 373 g/mol. The van der Waals surface area contributed by atoms with Crippen LogP contribution in [0.3, 0.4) is 0 Å². The Kier molecular flexibility index (Phi) is 7.99. The molecule has 0 saturated carbocycles. The van der Waals surface area contributed by atoms with Gasteiger partial charge in [-0.1, -0.05) is 18.2 Å². The van der Waals surface area contributed by atoms with Gasteiger partial charge in [0.2, 0.25) is 0 Å². The van der Waals surface area contributed by atoms with Gasteiger partial charge in [0.05, 0.1) is 13.2 Å². The van der Waals surface area contributed by atoms with Crippen molar-refractivity contribution in [2.75, 3.05) is 46.6 Å². The normalized spacial score (nSPS) is 17.5. The second kappa shape index (κ2) is 10.9. The fraction of sp³-hybridized carbons (Fsp3) is 0.571. The van der Waals surface area contributed by atoms with Gasteiger partial charge in [0.15, 0.2) is 5.96 Å². The predicted molar refractivity (Wildman–Crippen MR) is 110 cm³/mol. The van der Waals surface area contributed by atoms with Crippen molar-refractivity contribution in [2.24, 2.45) is 10.9 Å². The SMILES string of the molecule is CN=C(NCCCOCC1CCOC1)NCCCc1c[nH]c2ccccc12. The second-order valence-electron chi connectivity index (χ2n) is 7.05. The fourth-order valence-electron chi connectivity index (χ4n) is 3.39. The monoisotopic (exact) mass is 372 g/mol. The van der Waals surface area contributed by atoms with Gasteiger partial charge >= 0.3 is 0 Å². The van der Waals surface area contributed by atoms with Crippen LogP contribution in [-0.2, 0) is 15.9 Å². The number of nitrogens with one attached hydrogen (secondary N) is 3. The lowest BCUT2D eigenvalue weighted by Gasteiger charge is -2.12. The molecular formula is C21H32N4O2. The van der Waals surface area contributed by atoms with E-state index in [-0.39, 0.29) is 0 Å². The molecular weight excluding hydrogens is 340 g/mol. The second-order valence-corrected chi connectivity index (χ2v) is 7.05. The molecule has 1 aliphatic heterocycles. The highest BCUT2D eigenvalue weighted by Gasteiger charge is 2.15. The van der Waals surface area contributed by atoms with Gasteiger partial charge in [-0.25, -0.2) is 0 Å². The number of H-pyrrole nitrogens is 1. The maximum atomic E-state index is 5.72. The van der Waals surface area contributed by atoms with Gasteiger partial charge in [0, 0.05) is 56.4 Å². The number of benzene rings is 1. The highest BCUT2D eigenvalue weighted by molar-refractivity contribution is 5.83. The average Bonchev–Trinajstić information content (AvgIpc) is 3.36. The van der Waals surface area contributed by atoms with E-state index in [4.69, 9.17) is 9.47 Å². The Balaban J connectivity index is 1.24. The van der Waals surface area contributed by atoms with Gasteiger partial charge in [0.1, 0.15) is 0 Å². The summed E-state index contributed by atoms with van der Waals surface area (Å²) in [7, 11) is 1.81. The number of aliphatic imine (C=N–C) groups is 1. The summed E-state index contributed by atoms with van der Waals surface area (Å²) in [5.41, 5.74) is 2.58. The summed E-state index contributed by atoms with van der Waals surface area (Å²) >= 11 is 0. The van der Waals surface area contributed by atoms with Gasteiger partial charge in [-0.3, -0.25) is 4.99 Å². The quantitative estimate of drug-likeness (QED) is 0.341. The third-order valence-electron chi connectivity index (χ3n) is 4.95. The van der Waals surface area contributed by atoms with Crippen LogP contribution in [0.25, 0.3) is 10.9 Å². The maximum absolute atomic E-state index is 5.72. The Morgan fingerprint density at radius 1 is 1.26 bits per heavy atom. The molecule has 1 saturated heterocycles. The van der Waals surface area contributed by atoms with Crippen LogP contribution in [0.2, 0.25) is 0 Å². The number of hydrogen-bond donors (Lipinski definition) is 3. The van der Waals surface area contributed by atoms with Gasteiger partial charge in [0.25, 0.3) is 0 Å². The van der Waals surface area contributed by atoms with E-state index in [1.807, 2.05) is 7.05 Å². The van der Waals surface area contributed by atoms with Gasteiger partial charge in [-0.15, -0.1) is 0 Å². The smallest absolute Gasteiger partial charge is 0.190 e. The van der Waals surface area contributed by atoms with Crippen LogP contribution in [0.4, 0.5) is 0 Å². The molecule has 148 valence electrons. The van der Waals surface area contributed by atoms with Crippen molar-refractivity contribution < 1.29 is 9.47 Å². The molecule has 27 heavy (non-hydrogen) atoms. The van der Waals surface area contributed by atoms with E-state index in [9.17, 15) is 0 Å². The number of guanidine groups is 1. The van der Waals surface area contributed by atoms with E-state index in [0.717, 1.165) is 71.2 Å². The van der Waals surface area contributed by atoms with Crippen LogP contribution < -0.4 is 10.6 Å². The lowest BCUT2D eigenvalue weighted by atomic mass is 10.1. The summed E-state index contributed by atoms with van der Waals surface area (Å²) in [6.07, 6.45) is 6.34. The first-order valence-corrected chi connectivity index (χ1v) is 10.0. The maximum Gasteiger partial charge on any atom is 0.190 e. The topological polar surface area (TPSA) is 70.7 Å². The van der Waals surface area contributed by atoms with Crippen molar-refractivity contribution in [3.63, 3.8) is 0 Å². The number of aromatic nitrogens is 1. The summed E-state index contributed by atoms with van der Waals surface area (Å²) in [6, 6.07) is 8.45. The molecule has 2 aromatic rings. The van der Waals surface area contributed by atoms with Gasteiger partial charge in [-0.05, 0) is 37.3 Å². The third-order valence-corrected chi connectivity index (χ3v) is 4.95. The number of ether oxygens (including phenoxy) is 2. The minimum Gasteiger partial charge on any atom is -0.381 e. The van der Waals surface area contributed by atoms with Crippen LogP contribution in [-0.4, -0.2) is 57.5 Å². The lowest BCUT2D eigenvalue weighted by molar-refractivity contribution is 0.0888. The Bertz CT molecular complexity index is 707. The Morgan fingerprint density at radius 3 is 2.93 bits per heavy atom. The van der Waals surface area contributed by atoms with E-state index in [1.54, 1.807) is 0 Å². The van der Waals surface area contributed by atoms with Crippen LogP contribution in [0.15, 0.2) is 35.5 Å². The van der Waals surface area contributed by atoms with Gasteiger partial charge in [-0.2, -0.15) is 0 Å². The van der Waals surface area contributed by atoms with E-state index in [1.165, 1.54) is 16.5 Å². The molecule has 6 nitrogen and oxygen atoms in total. The van der Waals surface area contributed by atoms with Crippen LogP contribution in [0.1, 0.15) is 24.8 Å². The van der Waals surface area contributed by atoms with E-state index >= 15 is 0 Å². The molecule has 1 unspecified atom stereocenters. The summed E-state index contributed by atoms with van der Waals surface area (Å²) in [6.45, 7) is 5.10. The number of aryl methyl sites for hydroxylation is 1. The van der Waals surface area contributed by atoms with Crippen molar-refractivity contribution in [3.05, 3.63) is 36.0 Å². The standard InChI is InChI=1S/C21H32N4O2/c1-22-21(24-11-5-12-26-15-17-9-13-27-16-17)23-10-4-6-18-14-25-20-8-3-2-7-19(18)20/h2-3,7-8,14,17,25H,4-6,9-13,15-16H2,1H3,(H2,22,23,24). The zero-order chi connectivity index (χ0) is 18.7. The molecule has 1 aromatic carbocycles.